The Kier molecular flexibility index (Phi) is 8.74. The number of carbonyl (C=O) groups is 1. The lowest BCUT2D eigenvalue weighted by molar-refractivity contribution is 0.0953. The summed E-state index contributed by atoms with van der Waals surface area (Å²) in [5.41, 5.74) is 4.74. The maximum absolute atomic E-state index is 13.4. The van der Waals surface area contributed by atoms with E-state index in [4.69, 9.17) is 4.98 Å². The second-order valence-corrected chi connectivity index (χ2v) is 9.36. The second-order valence-electron chi connectivity index (χ2n) is 8.30. The first kappa shape index (κ1) is 24.7. The van der Waals surface area contributed by atoms with Crippen molar-refractivity contribution < 1.29 is 9.18 Å². The maximum atomic E-state index is 13.4. The molecule has 4 aromatic rings. The average Bonchev–Trinajstić information content (AvgIpc) is 3.26. The number of nitrogens with zero attached hydrogens (tertiary/aromatic N) is 2. The summed E-state index contributed by atoms with van der Waals surface area (Å²) >= 11 is 1.71. The summed E-state index contributed by atoms with van der Waals surface area (Å²) in [6.45, 7) is 3.62. The van der Waals surface area contributed by atoms with Crippen LogP contribution in [0.2, 0.25) is 0 Å². The summed E-state index contributed by atoms with van der Waals surface area (Å²) in [5.74, 6) is 0.155. The molecule has 1 N–H and O–H groups in total. The Labute approximate surface area is 210 Å². The lowest BCUT2D eigenvalue weighted by Crippen LogP contribution is -2.24. The van der Waals surface area contributed by atoms with Crippen molar-refractivity contribution >= 4 is 17.7 Å². The third-order valence-corrected chi connectivity index (χ3v) is 6.75. The minimum Gasteiger partial charge on any atom is -0.352 e. The summed E-state index contributed by atoms with van der Waals surface area (Å²) in [6, 6.07) is 26.5. The van der Waals surface area contributed by atoms with Gasteiger partial charge in [0.2, 0.25) is 0 Å². The number of amides is 1. The summed E-state index contributed by atoms with van der Waals surface area (Å²) < 4.78 is 15.7. The lowest BCUT2D eigenvalue weighted by Gasteiger charge is -2.13. The van der Waals surface area contributed by atoms with E-state index in [-0.39, 0.29) is 5.91 Å². The lowest BCUT2D eigenvalue weighted by atomic mass is 10.0. The van der Waals surface area contributed by atoms with Gasteiger partial charge in [0.1, 0.15) is 5.82 Å². The molecule has 0 bridgehead atoms. The number of thioether (sulfide) groups is 1. The summed E-state index contributed by atoms with van der Waals surface area (Å²) in [4.78, 5) is 17.4. The van der Waals surface area contributed by atoms with Gasteiger partial charge in [0.25, 0.3) is 5.91 Å². The zero-order valence-electron chi connectivity index (χ0n) is 19.9. The molecule has 0 aliphatic carbocycles. The van der Waals surface area contributed by atoms with Crippen LogP contribution in [0.1, 0.15) is 36.5 Å². The van der Waals surface area contributed by atoms with Crippen molar-refractivity contribution in [2.24, 2.45) is 0 Å². The fourth-order valence-electron chi connectivity index (χ4n) is 3.92. The smallest absolute Gasteiger partial charge is 0.251 e. The number of hydrogen-bond acceptors (Lipinski definition) is 3. The van der Waals surface area contributed by atoms with Crippen molar-refractivity contribution in [3.63, 3.8) is 0 Å². The van der Waals surface area contributed by atoms with Crippen molar-refractivity contribution in [3.05, 3.63) is 96.3 Å². The molecule has 0 radical (unpaired) electrons. The van der Waals surface area contributed by atoms with E-state index in [1.54, 1.807) is 23.9 Å². The minimum atomic E-state index is -0.407. The maximum Gasteiger partial charge on any atom is 0.251 e. The van der Waals surface area contributed by atoms with Crippen molar-refractivity contribution in [2.45, 2.75) is 37.9 Å². The number of aromatic nitrogens is 2. The Morgan fingerprint density at radius 3 is 2.34 bits per heavy atom. The fraction of sp³-hybridized carbons (Fsp3) is 0.241. The van der Waals surface area contributed by atoms with Gasteiger partial charge in [0.15, 0.2) is 5.16 Å². The second kappa shape index (κ2) is 12.4. The van der Waals surface area contributed by atoms with Crippen LogP contribution in [0.25, 0.3) is 22.5 Å². The summed E-state index contributed by atoms with van der Waals surface area (Å²) in [5, 5.41) is 3.88. The van der Waals surface area contributed by atoms with Crippen LogP contribution >= 0.6 is 11.8 Å². The van der Waals surface area contributed by atoms with Gasteiger partial charge < -0.3 is 9.88 Å². The van der Waals surface area contributed by atoms with E-state index in [0.717, 1.165) is 59.2 Å². The SMILES string of the molecule is CCCCn1c(SCCCNC(=O)c2cccc(F)c2)nc(-c2ccccc2)c1-c1ccccc1. The first-order valence-electron chi connectivity index (χ1n) is 12.0. The molecule has 0 aliphatic rings. The molecular formula is C29H30FN3OS. The van der Waals surface area contributed by atoms with Crippen LogP contribution in [0.5, 0.6) is 0 Å². The normalized spacial score (nSPS) is 10.9. The molecule has 4 nitrogen and oxygen atoms in total. The zero-order valence-corrected chi connectivity index (χ0v) is 20.7. The number of unbranched alkanes of at least 4 members (excludes halogenated alkanes) is 1. The molecule has 1 heterocycles. The standard InChI is InChI=1S/C29H30FN3OS/c1-2-3-19-33-27(23-14-8-5-9-15-23)26(22-12-6-4-7-13-22)32-29(33)35-20-11-18-31-28(34)24-16-10-17-25(30)21-24/h4-10,12-17,21H,2-3,11,18-20H2,1H3,(H,31,34). The van der Waals surface area contributed by atoms with Crippen LogP contribution in [-0.2, 0) is 6.54 Å². The van der Waals surface area contributed by atoms with E-state index in [9.17, 15) is 9.18 Å². The predicted molar refractivity (Wildman–Crippen MR) is 142 cm³/mol. The minimum absolute atomic E-state index is 0.253. The van der Waals surface area contributed by atoms with E-state index in [1.807, 2.05) is 24.3 Å². The number of halogens is 1. The Balaban J connectivity index is 1.50. The summed E-state index contributed by atoms with van der Waals surface area (Å²) in [6.07, 6.45) is 2.96. The molecule has 0 unspecified atom stereocenters. The number of imidazole rings is 1. The Bertz CT molecular complexity index is 1240. The van der Waals surface area contributed by atoms with Crippen LogP contribution in [-0.4, -0.2) is 27.8 Å². The van der Waals surface area contributed by atoms with Gasteiger partial charge in [-0.2, -0.15) is 0 Å². The Hall–Kier alpha value is -3.38. The molecule has 180 valence electrons. The van der Waals surface area contributed by atoms with Crippen molar-refractivity contribution in [3.8, 4) is 22.5 Å². The number of nitrogens with one attached hydrogen (secondary N) is 1. The number of rotatable bonds is 11. The Morgan fingerprint density at radius 2 is 1.66 bits per heavy atom. The third-order valence-electron chi connectivity index (χ3n) is 5.69. The van der Waals surface area contributed by atoms with E-state index in [0.29, 0.717) is 12.1 Å². The molecule has 35 heavy (non-hydrogen) atoms. The third kappa shape index (κ3) is 6.40. The van der Waals surface area contributed by atoms with Gasteiger partial charge in [-0.1, -0.05) is 91.8 Å². The molecule has 4 rings (SSSR count). The highest BCUT2D eigenvalue weighted by Crippen LogP contribution is 2.36. The highest BCUT2D eigenvalue weighted by Gasteiger charge is 2.20. The largest absolute Gasteiger partial charge is 0.352 e. The van der Waals surface area contributed by atoms with Gasteiger partial charge in [-0.25, -0.2) is 9.37 Å². The van der Waals surface area contributed by atoms with Gasteiger partial charge in [-0.3, -0.25) is 4.79 Å². The van der Waals surface area contributed by atoms with Crippen molar-refractivity contribution in [2.75, 3.05) is 12.3 Å². The molecule has 0 atom stereocenters. The molecule has 0 saturated carbocycles. The quantitative estimate of drug-likeness (QED) is 0.182. The van der Waals surface area contributed by atoms with Gasteiger partial charge in [-0.05, 0) is 31.0 Å². The van der Waals surface area contributed by atoms with Crippen LogP contribution in [0.3, 0.4) is 0 Å². The highest BCUT2D eigenvalue weighted by atomic mass is 32.2. The van der Waals surface area contributed by atoms with Crippen molar-refractivity contribution in [1.29, 1.82) is 0 Å². The molecule has 1 amide bonds. The molecule has 0 spiro atoms. The molecular weight excluding hydrogens is 457 g/mol. The molecule has 1 aromatic heterocycles. The van der Waals surface area contributed by atoms with Gasteiger partial charge in [-0.15, -0.1) is 0 Å². The van der Waals surface area contributed by atoms with Gasteiger partial charge >= 0.3 is 0 Å². The van der Waals surface area contributed by atoms with Crippen LogP contribution in [0.4, 0.5) is 4.39 Å². The molecule has 6 heteroatoms. The van der Waals surface area contributed by atoms with Gasteiger partial charge in [0, 0.05) is 35.5 Å². The van der Waals surface area contributed by atoms with E-state index in [1.165, 1.54) is 12.1 Å². The van der Waals surface area contributed by atoms with E-state index >= 15 is 0 Å². The fourth-order valence-corrected chi connectivity index (χ4v) is 4.89. The van der Waals surface area contributed by atoms with E-state index < -0.39 is 5.82 Å². The average molecular weight is 488 g/mol. The first-order chi connectivity index (χ1) is 17.2. The number of carbonyl (C=O) groups excluding carboxylic acids is 1. The zero-order chi connectivity index (χ0) is 24.5. The van der Waals surface area contributed by atoms with Crippen LogP contribution < -0.4 is 5.32 Å². The molecule has 3 aromatic carbocycles. The monoisotopic (exact) mass is 487 g/mol. The van der Waals surface area contributed by atoms with E-state index in [2.05, 4.69) is 53.2 Å². The first-order valence-corrected chi connectivity index (χ1v) is 13.0. The molecule has 0 saturated heterocycles. The topological polar surface area (TPSA) is 46.9 Å². The summed E-state index contributed by atoms with van der Waals surface area (Å²) in [7, 11) is 0. The molecule has 0 fully saturated rings. The number of benzene rings is 3. The van der Waals surface area contributed by atoms with Crippen LogP contribution in [0, 0.1) is 5.82 Å². The number of hydrogen-bond donors (Lipinski definition) is 1. The Morgan fingerprint density at radius 1 is 0.943 bits per heavy atom. The highest BCUT2D eigenvalue weighted by molar-refractivity contribution is 7.99. The molecule has 0 aliphatic heterocycles. The predicted octanol–water partition coefficient (Wildman–Crippen LogP) is 7.07. The van der Waals surface area contributed by atoms with Crippen LogP contribution in [0.15, 0.2) is 90.1 Å². The van der Waals surface area contributed by atoms with Crippen molar-refractivity contribution in [1.82, 2.24) is 14.9 Å². The van der Waals surface area contributed by atoms with Gasteiger partial charge in [0.05, 0.1) is 11.4 Å².